The third-order valence-electron chi connectivity index (χ3n) is 6.83. The number of ether oxygens (including phenoxy) is 1. The Hall–Kier alpha value is -2.65. The van der Waals surface area contributed by atoms with Gasteiger partial charge in [-0.3, -0.25) is 19.4 Å². The molecule has 2 aromatic carbocycles. The molecule has 2 saturated heterocycles. The molecule has 198 valence electrons. The summed E-state index contributed by atoms with van der Waals surface area (Å²) in [6, 6.07) is 10.3. The van der Waals surface area contributed by atoms with Gasteiger partial charge in [-0.1, -0.05) is 40.4 Å². The van der Waals surface area contributed by atoms with Crippen LogP contribution in [0.5, 0.6) is 0 Å². The fourth-order valence-electron chi connectivity index (χ4n) is 4.87. The summed E-state index contributed by atoms with van der Waals surface area (Å²) in [5.41, 5.74) is 9.11. The van der Waals surface area contributed by atoms with E-state index < -0.39 is 24.3 Å². The Labute approximate surface area is 227 Å². The quantitative estimate of drug-likeness (QED) is 0.555. The van der Waals surface area contributed by atoms with Gasteiger partial charge in [-0.15, -0.1) is 0 Å². The highest BCUT2D eigenvalue weighted by atomic mass is 35.5. The van der Waals surface area contributed by atoms with E-state index in [4.69, 9.17) is 33.7 Å². The lowest BCUT2D eigenvalue weighted by atomic mass is 10.1. The van der Waals surface area contributed by atoms with Crippen molar-refractivity contribution < 1.29 is 19.1 Å². The molecule has 0 radical (unpaired) electrons. The first kappa shape index (κ1) is 27.4. The second kappa shape index (κ2) is 11.8. The van der Waals surface area contributed by atoms with Crippen LogP contribution in [0.1, 0.15) is 51.1 Å². The van der Waals surface area contributed by atoms with Crippen molar-refractivity contribution in [2.45, 2.75) is 45.5 Å². The molecular weight excluding hydrogens is 515 g/mol. The monoisotopic (exact) mass is 546 g/mol. The molecule has 2 amide bonds. The van der Waals surface area contributed by atoms with Gasteiger partial charge in [0.05, 0.1) is 16.2 Å². The maximum Gasteiger partial charge on any atom is 0.412 e. The van der Waals surface area contributed by atoms with Crippen molar-refractivity contribution in [3.8, 4) is 0 Å². The summed E-state index contributed by atoms with van der Waals surface area (Å²) in [5.74, 6) is -0.471. The number of rotatable bonds is 5. The van der Waals surface area contributed by atoms with Gasteiger partial charge < -0.3 is 15.4 Å². The number of amides is 2. The zero-order chi connectivity index (χ0) is 26.7. The third-order valence-corrected chi connectivity index (χ3v) is 7.57. The van der Waals surface area contributed by atoms with Crippen LogP contribution < -0.4 is 5.73 Å². The van der Waals surface area contributed by atoms with Crippen molar-refractivity contribution in [2.24, 2.45) is 5.73 Å². The van der Waals surface area contributed by atoms with Crippen LogP contribution in [0.2, 0.25) is 10.0 Å². The van der Waals surface area contributed by atoms with E-state index in [1.54, 1.807) is 15.9 Å². The Bertz CT molecular complexity index is 1160. The summed E-state index contributed by atoms with van der Waals surface area (Å²) in [6.07, 6.45) is 0.186. The summed E-state index contributed by atoms with van der Waals surface area (Å²) in [4.78, 5) is 44.8. The first-order chi connectivity index (χ1) is 17.6. The predicted octanol–water partition coefficient (Wildman–Crippen LogP) is 4.48. The number of aryl methyl sites for hydroxylation is 2. The van der Waals surface area contributed by atoms with Crippen molar-refractivity contribution in [2.75, 3.05) is 32.7 Å². The fraction of sp³-hybridized carbons (Fsp3) is 0.444. The lowest BCUT2D eigenvalue weighted by molar-refractivity contribution is -0.0357. The molecule has 2 aromatic rings. The van der Waals surface area contributed by atoms with Crippen LogP contribution in [0, 0.1) is 13.8 Å². The largest absolute Gasteiger partial charge is 0.422 e. The molecule has 2 aliphatic heterocycles. The van der Waals surface area contributed by atoms with E-state index in [0.717, 1.165) is 24.0 Å². The van der Waals surface area contributed by atoms with Crippen LogP contribution in [0.4, 0.5) is 4.79 Å². The average Bonchev–Trinajstić information content (AvgIpc) is 2.88. The first-order valence-electron chi connectivity index (χ1n) is 12.5. The molecule has 0 aliphatic carbocycles. The van der Waals surface area contributed by atoms with Gasteiger partial charge in [0, 0.05) is 43.9 Å². The molecule has 2 N–H and O–H groups in total. The minimum atomic E-state index is -1.18. The number of piperidine rings is 1. The molecule has 0 spiro atoms. The molecular formula is C27H32Cl2N4O4. The van der Waals surface area contributed by atoms with Gasteiger partial charge >= 0.3 is 6.09 Å². The van der Waals surface area contributed by atoms with Crippen molar-refractivity contribution in [1.29, 1.82) is 0 Å². The predicted molar refractivity (Wildman–Crippen MR) is 143 cm³/mol. The Balaban J connectivity index is 1.51. The molecule has 0 saturated carbocycles. The van der Waals surface area contributed by atoms with E-state index >= 15 is 0 Å². The summed E-state index contributed by atoms with van der Waals surface area (Å²) in [5, 5.41) is 0.559. The van der Waals surface area contributed by atoms with Crippen LogP contribution in [-0.4, -0.2) is 77.6 Å². The van der Waals surface area contributed by atoms with Gasteiger partial charge in [0.1, 0.15) is 0 Å². The maximum atomic E-state index is 13.6. The molecule has 2 fully saturated rings. The molecule has 10 heteroatoms. The van der Waals surface area contributed by atoms with E-state index in [9.17, 15) is 14.4 Å². The summed E-state index contributed by atoms with van der Waals surface area (Å²) in [6.45, 7) is 5.88. The molecule has 2 heterocycles. The number of nitrogens with two attached hydrogens (primary N) is 1. The summed E-state index contributed by atoms with van der Waals surface area (Å²) >= 11 is 12.2. The summed E-state index contributed by atoms with van der Waals surface area (Å²) in [7, 11) is 0. The standard InChI is InChI=1S/C27H32Cl2N4O4/c1-17-13-18(2)15-20(14-17)25(35)31-9-11-32(12-10-31)26(24(34)19-6-7-21(28)22(29)16-19)37-27(36)33-8-4-3-5-23(33)30/h6-7,13-16,23,26H,3-5,8-12,30H2,1-2H3. The van der Waals surface area contributed by atoms with E-state index in [0.29, 0.717) is 49.7 Å². The number of likely N-dealkylation sites (tertiary alicyclic amines) is 1. The van der Waals surface area contributed by atoms with E-state index in [1.165, 1.54) is 17.0 Å². The topological polar surface area (TPSA) is 96.2 Å². The molecule has 37 heavy (non-hydrogen) atoms. The molecule has 0 bridgehead atoms. The van der Waals surface area contributed by atoms with Gasteiger partial charge in [-0.2, -0.15) is 0 Å². The maximum absolute atomic E-state index is 13.6. The van der Waals surface area contributed by atoms with E-state index in [2.05, 4.69) is 0 Å². The number of carbonyl (C=O) groups excluding carboxylic acids is 3. The van der Waals surface area contributed by atoms with Crippen LogP contribution in [0.15, 0.2) is 36.4 Å². The fourth-order valence-corrected chi connectivity index (χ4v) is 5.17. The third kappa shape index (κ3) is 6.44. The van der Waals surface area contributed by atoms with Gasteiger partial charge in [0.2, 0.25) is 12.0 Å². The van der Waals surface area contributed by atoms with Crippen LogP contribution in [0.25, 0.3) is 0 Å². The van der Waals surface area contributed by atoms with Gasteiger partial charge in [-0.25, -0.2) is 4.79 Å². The van der Waals surface area contributed by atoms with Crippen molar-refractivity contribution >= 4 is 41.0 Å². The number of carbonyl (C=O) groups is 3. The molecule has 2 atom stereocenters. The number of nitrogens with zero attached hydrogens (tertiary/aromatic N) is 3. The molecule has 0 aromatic heterocycles. The lowest BCUT2D eigenvalue weighted by Gasteiger charge is -2.39. The van der Waals surface area contributed by atoms with Crippen LogP contribution in [0.3, 0.4) is 0 Å². The Morgan fingerprint density at radius 1 is 0.892 bits per heavy atom. The number of halogens is 2. The van der Waals surface area contributed by atoms with Gasteiger partial charge in [-0.05, 0) is 63.4 Å². The highest BCUT2D eigenvalue weighted by Crippen LogP contribution is 2.25. The number of Topliss-reactive ketones (excluding diaryl/α,β-unsaturated/α-hetero) is 1. The number of piperazine rings is 1. The lowest BCUT2D eigenvalue weighted by Crippen LogP contribution is -2.57. The van der Waals surface area contributed by atoms with Crippen LogP contribution in [-0.2, 0) is 4.74 Å². The normalized spacial score (nSPS) is 19.4. The Morgan fingerprint density at radius 3 is 2.19 bits per heavy atom. The van der Waals surface area contributed by atoms with E-state index in [1.807, 2.05) is 32.0 Å². The SMILES string of the molecule is Cc1cc(C)cc(C(=O)N2CCN(C(OC(=O)N3CCCCC3N)C(=O)c3ccc(Cl)c(Cl)c3)CC2)c1. The minimum absolute atomic E-state index is 0.0601. The van der Waals surface area contributed by atoms with Crippen molar-refractivity contribution in [3.63, 3.8) is 0 Å². The molecule has 4 rings (SSSR count). The Kier molecular flexibility index (Phi) is 8.75. The Morgan fingerprint density at radius 2 is 1.57 bits per heavy atom. The zero-order valence-corrected chi connectivity index (χ0v) is 22.6. The molecule has 8 nitrogen and oxygen atoms in total. The van der Waals surface area contributed by atoms with Crippen LogP contribution >= 0.6 is 23.2 Å². The van der Waals surface area contributed by atoms with Gasteiger partial charge in [0.25, 0.3) is 5.91 Å². The molecule has 2 unspecified atom stereocenters. The smallest absolute Gasteiger partial charge is 0.412 e. The second-order valence-electron chi connectivity index (χ2n) is 9.69. The first-order valence-corrected chi connectivity index (χ1v) is 13.2. The summed E-state index contributed by atoms with van der Waals surface area (Å²) < 4.78 is 5.80. The number of hydrogen-bond donors (Lipinski definition) is 1. The second-order valence-corrected chi connectivity index (χ2v) is 10.5. The van der Waals surface area contributed by atoms with Crippen molar-refractivity contribution in [3.05, 3.63) is 68.7 Å². The van der Waals surface area contributed by atoms with Gasteiger partial charge in [0.15, 0.2) is 0 Å². The minimum Gasteiger partial charge on any atom is -0.422 e. The highest BCUT2D eigenvalue weighted by molar-refractivity contribution is 6.42. The highest BCUT2D eigenvalue weighted by Gasteiger charge is 2.36. The number of hydrogen-bond acceptors (Lipinski definition) is 6. The average molecular weight is 547 g/mol. The van der Waals surface area contributed by atoms with Crippen molar-refractivity contribution in [1.82, 2.24) is 14.7 Å². The van der Waals surface area contributed by atoms with E-state index in [-0.39, 0.29) is 16.5 Å². The number of benzene rings is 2. The zero-order valence-electron chi connectivity index (χ0n) is 21.1. The molecule has 2 aliphatic rings. The number of ketones is 1.